The van der Waals surface area contributed by atoms with Gasteiger partial charge < -0.3 is 5.32 Å². The number of nitrogens with one attached hydrogen (secondary N) is 1. The van der Waals surface area contributed by atoms with Crippen molar-refractivity contribution in [3.63, 3.8) is 0 Å². The third-order valence-electron chi connectivity index (χ3n) is 2.93. The maximum atomic E-state index is 4.31. The van der Waals surface area contributed by atoms with Crippen molar-refractivity contribution in [3.8, 4) is 0 Å². The van der Waals surface area contributed by atoms with E-state index in [9.17, 15) is 0 Å². The minimum atomic E-state index is 0.952. The van der Waals surface area contributed by atoms with Crippen molar-refractivity contribution in [1.82, 2.24) is 4.98 Å². The number of rotatable bonds is 6. The van der Waals surface area contributed by atoms with E-state index in [1.54, 1.807) is 11.3 Å². The summed E-state index contributed by atoms with van der Waals surface area (Å²) in [6, 6.07) is 8.74. The predicted octanol–water partition coefficient (Wildman–Crippen LogP) is 4.06. The molecule has 1 N–H and O–H groups in total. The van der Waals surface area contributed by atoms with Crippen LogP contribution < -0.4 is 5.32 Å². The first kappa shape index (κ1) is 13.1. The lowest BCUT2D eigenvalue weighted by molar-refractivity contribution is 0.889. The van der Waals surface area contributed by atoms with Crippen molar-refractivity contribution in [2.24, 2.45) is 0 Å². The number of anilines is 1. The Morgan fingerprint density at radius 1 is 1.17 bits per heavy atom. The largest absolute Gasteiger partial charge is 0.361 e. The van der Waals surface area contributed by atoms with Crippen LogP contribution in [0.25, 0.3) is 0 Å². The third kappa shape index (κ3) is 3.57. The summed E-state index contributed by atoms with van der Waals surface area (Å²) in [7, 11) is 0. The third-order valence-corrected chi connectivity index (χ3v) is 3.80. The molecular weight excluding hydrogens is 240 g/mol. The van der Waals surface area contributed by atoms with Crippen LogP contribution in [-0.2, 0) is 12.8 Å². The van der Waals surface area contributed by atoms with E-state index < -0.39 is 0 Å². The molecule has 2 nitrogen and oxygen atoms in total. The number of hydrogen-bond donors (Lipinski definition) is 1. The van der Waals surface area contributed by atoms with Gasteiger partial charge in [-0.15, -0.1) is 11.3 Å². The van der Waals surface area contributed by atoms with Crippen molar-refractivity contribution in [2.75, 3.05) is 11.9 Å². The molecule has 0 atom stereocenters. The number of nitrogens with zero attached hydrogens (tertiary/aromatic N) is 1. The quantitative estimate of drug-likeness (QED) is 0.847. The molecule has 0 aliphatic carbocycles. The van der Waals surface area contributed by atoms with Gasteiger partial charge in [-0.3, -0.25) is 0 Å². The molecule has 1 aromatic heterocycles. The summed E-state index contributed by atoms with van der Waals surface area (Å²) >= 11 is 1.72. The molecule has 3 heteroatoms. The lowest BCUT2D eigenvalue weighted by atomic mass is 10.0. The molecule has 2 rings (SSSR count). The van der Waals surface area contributed by atoms with Crippen molar-refractivity contribution in [3.05, 3.63) is 46.5 Å². The maximum absolute atomic E-state index is 4.31. The van der Waals surface area contributed by atoms with Gasteiger partial charge in [-0.25, -0.2) is 4.98 Å². The number of aryl methyl sites for hydroxylation is 2. The van der Waals surface area contributed by atoms with Crippen molar-refractivity contribution < 1.29 is 0 Å². The van der Waals surface area contributed by atoms with Gasteiger partial charge >= 0.3 is 0 Å². The Labute approximate surface area is 113 Å². The molecule has 96 valence electrons. The van der Waals surface area contributed by atoms with Gasteiger partial charge in [-0.1, -0.05) is 37.6 Å². The Kier molecular flexibility index (Phi) is 4.76. The molecule has 0 saturated heterocycles. The van der Waals surface area contributed by atoms with Crippen LogP contribution in [0.2, 0.25) is 0 Å². The van der Waals surface area contributed by atoms with E-state index in [4.69, 9.17) is 0 Å². The normalized spacial score (nSPS) is 10.6. The Morgan fingerprint density at radius 2 is 1.89 bits per heavy atom. The average Bonchev–Trinajstić information content (AvgIpc) is 2.78. The van der Waals surface area contributed by atoms with Gasteiger partial charge in [0.05, 0.1) is 0 Å². The van der Waals surface area contributed by atoms with Gasteiger partial charge in [0.15, 0.2) is 5.13 Å². The Bertz CT molecular complexity index is 491. The second-order valence-corrected chi connectivity index (χ2v) is 5.71. The fourth-order valence-corrected chi connectivity index (χ4v) is 2.75. The van der Waals surface area contributed by atoms with Crippen molar-refractivity contribution >= 4 is 16.5 Å². The highest BCUT2D eigenvalue weighted by Crippen LogP contribution is 2.17. The Balaban J connectivity index is 1.89. The molecule has 0 fully saturated rings. The summed E-state index contributed by atoms with van der Waals surface area (Å²) in [6.07, 6.45) is 5.36. The fourth-order valence-electron chi connectivity index (χ4n) is 2.06. The van der Waals surface area contributed by atoms with Gasteiger partial charge in [-0.2, -0.15) is 0 Å². The second-order valence-electron chi connectivity index (χ2n) is 4.47. The molecule has 0 radical (unpaired) electrons. The molecule has 18 heavy (non-hydrogen) atoms. The second kappa shape index (κ2) is 6.55. The van der Waals surface area contributed by atoms with Crippen LogP contribution in [-0.4, -0.2) is 11.5 Å². The molecule has 2 aromatic rings. The predicted molar refractivity (Wildman–Crippen MR) is 79.5 cm³/mol. The molecular formula is C15H20N2S. The Hall–Kier alpha value is -1.35. The van der Waals surface area contributed by atoms with Crippen LogP contribution in [0.3, 0.4) is 0 Å². The first-order valence-corrected chi connectivity index (χ1v) is 7.34. The molecule has 0 bridgehead atoms. The standard InChI is InChI=1S/C15H20N2S/c1-3-6-13-7-4-5-8-14(13)9-10-16-15-17-11-12(2)18-15/h4-5,7-8,11H,3,6,9-10H2,1-2H3,(H,16,17). The number of benzene rings is 1. The summed E-state index contributed by atoms with van der Waals surface area (Å²) in [6.45, 7) is 5.26. The van der Waals surface area contributed by atoms with Gasteiger partial charge in [0, 0.05) is 17.6 Å². The number of thiazole rings is 1. The zero-order valence-corrected chi connectivity index (χ0v) is 11.9. The molecule has 0 aliphatic rings. The minimum Gasteiger partial charge on any atom is -0.361 e. The summed E-state index contributed by atoms with van der Waals surface area (Å²) in [5, 5.41) is 4.42. The van der Waals surface area contributed by atoms with Gasteiger partial charge in [0.2, 0.25) is 0 Å². The van der Waals surface area contributed by atoms with Gasteiger partial charge in [-0.05, 0) is 30.9 Å². The van der Waals surface area contributed by atoms with E-state index in [1.807, 2.05) is 6.20 Å². The average molecular weight is 260 g/mol. The number of hydrogen-bond acceptors (Lipinski definition) is 3. The summed E-state index contributed by atoms with van der Waals surface area (Å²) in [4.78, 5) is 5.57. The van der Waals surface area contributed by atoms with Crippen LogP contribution >= 0.6 is 11.3 Å². The molecule has 0 saturated carbocycles. The smallest absolute Gasteiger partial charge is 0.182 e. The van der Waals surface area contributed by atoms with E-state index >= 15 is 0 Å². The summed E-state index contributed by atoms with van der Waals surface area (Å²) in [5.74, 6) is 0. The van der Waals surface area contributed by atoms with E-state index in [2.05, 4.69) is 48.4 Å². The van der Waals surface area contributed by atoms with E-state index in [-0.39, 0.29) is 0 Å². The Morgan fingerprint density at radius 3 is 2.50 bits per heavy atom. The van der Waals surface area contributed by atoms with E-state index in [0.29, 0.717) is 0 Å². The topological polar surface area (TPSA) is 24.9 Å². The van der Waals surface area contributed by atoms with Crippen molar-refractivity contribution in [2.45, 2.75) is 33.1 Å². The summed E-state index contributed by atoms with van der Waals surface area (Å²) < 4.78 is 0. The fraction of sp³-hybridized carbons (Fsp3) is 0.400. The molecule has 1 aromatic carbocycles. The van der Waals surface area contributed by atoms with Crippen LogP contribution in [0.15, 0.2) is 30.5 Å². The first-order valence-electron chi connectivity index (χ1n) is 6.52. The zero-order valence-electron chi connectivity index (χ0n) is 11.1. The highest BCUT2D eigenvalue weighted by molar-refractivity contribution is 7.15. The molecule has 1 heterocycles. The monoisotopic (exact) mass is 260 g/mol. The van der Waals surface area contributed by atoms with Crippen molar-refractivity contribution in [1.29, 1.82) is 0 Å². The van der Waals surface area contributed by atoms with Crippen LogP contribution in [0.1, 0.15) is 29.3 Å². The minimum absolute atomic E-state index is 0.952. The van der Waals surface area contributed by atoms with Gasteiger partial charge in [0.1, 0.15) is 0 Å². The lowest BCUT2D eigenvalue weighted by Crippen LogP contribution is -2.06. The molecule has 0 aliphatic heterocycles. The SMILES string of the molecule is CCCc1ccccc1CCNc1ncc(C)s1. The van der Waals surface area contributed by atoms with Crippen LogP contribution in [0.4, 0.5) is 5.13 Å². The van der Waals surface area contributed by atoms with E-state index in [0.717, 1.165) is 18.1 Å². The van der Waals surface area contributed by atoms with Gasteiger partial charge in [0.25, 0.3) is 0 Å². The lowest BCUT2D eigenvalue weighted by Gasteiger charge is -2.08. The van der Waals surface area contributed by atoms with E-state index in [1.165, 1.54) is 28.8 Å². The summed E-state index contributed by atoms with van der Waals surface area (Å²) in [5.41, 5.74) is 2.94. The highest BCUT2D eigenvalue weighted by atomic mass is 32.1. The highest BCUT2D eigenvalue weighted by Gasteiger charge is 2.02. The maximum Gasteiger partial charge on any atom is 0.182 e. The molecule has 0 unspecified atom stereocenters. The zero-order chi connectivity index (χ0) is 12.8. The van der Waals surface area contributed by atoms with Crippen LogP contribution in [0, 0.1) is 6.92 Å². The number of aromatic nitrogens is 1. The first-order chi connectivity index (χ1) is 8.79. The molecule has 0 amide bonds. The molecule has 0 spiro atoms. The van der Waals surface area contributed by atoms with Crippen LogP contribution in [0.5, 0.6) is 0 Å².